The lowest BCUT2D eigenvalue weighted by atomic mass is 9.74. The summed E-state index contributed by atoms with van der Waals surface area (Å²) >= 11 is 0. The summed E-state index contributed by atoms with van der Waals surface area (Å²) in [6.45, 7) is 3.83. The third-order valence-electron chi connectivity index (χ3n) is 4.62. The molecule has 1 aromatic rings. The maximum atomic E-state index is 12.6. The van der Waals surface area contributed by atoms with Crippen LogP contribution in [0.5, 0.6) is 0 Å². The average molecular weight is 275 g/mol. The van der Waals surface area contributed by atoms with E-state index in [-0.39, 0.29) is 17.9 Å². The van der Waals surface area contributed by atoms with Gasteiger partial charge < -0.3 is 10.4 Å². The number of benzene rings is 1. The van der Waals surface area contributed by atoms with Crippen LogP contribution in [0.15, 0.2) is 30.3 Å². The molecule has 3 nitrogen and oxygen atoms in total. The number of rotatable bonds is 4. The lowest BCUT2D eigenvalue weighted by molar-refractivity contribution is -0.134. The molecule has 1 saturated carbocycles. The van der Waals surface area contributed by atoms with Crippen LogP contribution in [-0.2, 0) is 10.3 Å². The van der Waals surface area contributed by atoms with E-state index in [0.717, 1.165) is 31.2 Å². The number of nitrogens with one attached hydrogen (secondary N) is 1. The Morgan fingerprint density at radius 3 is 2.40 bits per heavy atom. The summed E-state index contributed by atoms with van der Waals surface area (Å²) in [5.41, 5.74) is -0.0577. The monoisotopic (exact) mass is 275 g/mol. The maximum Gasteiger partial charge on any atom is 0.226 e. The number of aliphatic hydroxyl groups is 1. The van der Waals surface area contributed by atoms with E-state index >= 15 is 0 Å². The van der Waals surface area contributed by atoms with E-state index in [1.165, 1.54) is 6.42 Å². The Morgan fingerprint density at radius 1 is 1.25 bits per heavy atom. The van der Waals surface area contributed by atoms with Crippen molar-refractivity contribution in [1.29, 1.82) is 0 Å². The summed E-state index contributed by atoms with van der Waals surface area (Å²) in [4.78, 5) is 12.6. The zero-order valence-corrected chi connectivity index (χ0v) is 12.5. The minimum absolute atomic E-state index is 0.0672. The van der Waals surface area contributed by atoms with E-state index < -0.39 is 5.54 Å². The van der Waals surface area contributed by atoms with Crippen molar-refractivity contribution in [3.8, 4) is 0 Å². The minimum atomic E-state index is -0.710. The number of carbonyl (C=O) groups excluding carboxylic acids is 1. The minimum Gasteiger partial charge on any atom is -0.394 e. The quantitative estimate of drug-likeness (QED) is 0.887. The molecule has 1 unspecified atom stereocenters. The third-order valence-corrected chi connectivity index (χ3v) is 4.62. The van der Waals surface area contributed by atoms with Crippen LogP contribution in [0.3, 0.4) is 0 Å². The first kappa shape index (κ1) is 15.0. The van der Waals surface area contributed by atoms with Crippen LogP contribution in [0.1, 0.15) is 51.5 Å². The van der Waals surface area contributed by atoms with Gasteiger partial charge in [0.25, 0.3) is 0 Å². The SMILES string of the molecule is CC1(C(=O)NC(C)(CO)c2ccccc2)CCCCC1. The molecule has 0 aromatic heterocycles. The van der Waals surface area contributed by atoms with Gasteiger partial charge in [0, 0.05) is 5.41 Å². The lowest BCUT2D eigenvalue weighted by Crippen LogP contribution is -2.52. The molecule has 1 fully saturated rings. The van der Waals surface area contributed by atoms with Gasteiger partial charge in [-0.15, -0.1) is 0 Å². The first-order valence-electron chi connectivity index (χ1n) is 7.49. The van der Waals surface area contributed by atoms with E-state index in [2.05, 4.69) is 5.32 Å². The first-order valence-corrected chi connectivity index (χ1v) is 7.49. The highest BCUT2D eigenvalue weighted by Crippen LogP contribution is 2.37. The van der Waals surface area contributed by atoms with Crippen molar-refractivity contribution < 1.29 is 9.90 Å². The lowest BCUT2D eigenvalue weighted by Gasteiger charge is -2.37. The number of amides is 1. The van der Waals surface area contributed by atoms with E-state index in [1.807, 2.05) is 44.2 Å². The predicted octanol–water partition coefficient (Wildman–Crippen LogP) is 2.98. The van der Waals surface area contributed by atoms with Crippen molar-refractivity contribution in [3.63, 3.8) is 0 Å². The van der Waals surface area contributed by atoms with Gasteiger partial charge in [-0.1, -0.05) is 56.5 Å². The van der Waals surface area contributed by atoms with Gasteiger partial charge in [-0.2, -0.15) is 0 Å². The fraction of sp³-hybridized carbons (Fsp3) is 0.588. The van der Waals surface area contributed by atoms with Crippen molar-refractivity contribution in [2.45, 2.75) is 51.5 Å². The van der Waals surface area contributed by atoms with Crippen LogP contribution in [0.4, 0.5) is 0 Å². The smallest absolute Gasteiger partial charge is 0.226 e. The molecule has 0 spiro atoms. The second-order valence-corrected chi connectivity index (χ2v) is 6.43. The summed E-state index contributed by atoms with van der Waals surface area (Å²) in [5, 5.41) is 12.8. The Kier molecular flexibility index (Phi) is 4.48. The molecule has 3 heteroatoms. The molecule has 0 saturated heterocycles. The van der Waals surface area contributed by atoms with Gasteiger partial charge in [0.1, 0.15) is 0 Å². The van der Waals surface area contributed by atoms with Crippen molar-refractivity contribution in [2.75, 3.05) is 6.61 Å². The summed E-state index contributed by atoms with van der Waals surface area (Å²) in [7, 11) is 0. The zero-order chi connectivity index (χ0) is 14.6. The molecule has 1 aliphatic carbocycles. The molecule has 0 bridgehead atoms. The molecular formula is C17H25NO2. The van der Waals surface area contributed by atoms with Crippen molar-refractivity contribution in [1.82, 2.24) is 5.32 Å². The second kappa shape index (κ2) is 5.96. The van der Waals surface area contributed by atoms with Crippen molar-refractivity contribution in [2.24, 2.45) is 5.41 Å². The molecular weight excluding hydrogens is 250 g/mol. The van der Waals surface area contributed by atoms with Crippen LogP contribution in [0, 0.1) is 5.41 Å². The molecule has 1 aromatic carbocycles. The number of hydrogen-bond acceptors (Lipinski definition) is 2. The summed E-state index contributed by atoms with van der Waals surface area (Å²) in [6, 6.07) is 9.68. The average Bonchev–Trinajstić information content (AvgIpc) is 2.48. The molecule has 0 aliphatic heterocycles. The summed E-state index contributed by atoms with van der Waals surface area (Å²) in [5.74, 6) is 0.0672. The Bertz CT molecular complexity index is 451. The van der Waals surface area contributed by atoms with Crippen LogP contribution in [0.25, 0.3) is 0 Å². The number of carbonyl (C=O) groups is 1. The molecule has 1 aliphatic rings. The van der Waals surface area contributed by atoms with Crippen LogP contribution >= 0.6 is 0 Å². The Morgan fingerprint density at radius 2 is 1.85 bits per heavy atom. The normalized spacial score (nSPS) is 20.9. The molecule has 1 atom stereocenters. The van der Waals surface area contributed by atoms with E-state index in [9.17, 15) is 9.90 Å². The molecule has 1 amide bonds. The Hall–Kier alpha value is -1.35. The van der Waals surface area contributed by atoms with Gasteiger partial charge in [-0.3, -0.25) is 4.79 Å². The third kappa shape index (κ3) is 3.04. The molecule has 20 heavy (non-hydrogen) atoms. The molecule has 2 N–H and O–H groups in total. The van der Waals surface area contributed by atoms with Gasteiger partial charge in [0.2, 0.25) is 5.91 Å². The van der Waals surface area contributed by atoms with Gasteiger partial charge in [-0.05, 0) is 25.3 Å². The van der Waals surface area contributed by atoms with Crippen LogP contribution < -0.4 is 5.32 Å². The van der Waals surface area contributed by atoms with Crippen molar-refractivity contribution >= 4 is 5.91 Å². The topological polar surface area (TPSA) is 49.3 Å². The van der Waals surface area contributed by atoms with E-state index in [0.29, 0.717) is 0 Å². The molecule has 0 radical (unpaired) electrons. The van der Waals surface area contributed by atoms with E-state index in [1.54, 1.807) is 0 Å². The zero-order valence-electron chi connectivity index (χ0n) is 12.5. The second-order valence-electron chi connectivity index (χ2n) is 6.43. The fourth-order valence-electron chi connectivity index (χ4n) is 2.97. The molecule has 110 valence electrons. The van der Waals surface area contributed by atoms with Gasteiger partial charge in [0.05, 0.1) is 12.1 Å². The first-order chi connectivity index (χ1) is 9.50. The van der Waals surface area contributed by atoms with Gasteiger partial charge in [-0.25, -0.2) is 0 Å². The highest BCUT2D eigenvalue weighted by atomic mass is 16.3. The Labute approximate surface area is 121 Å². The summed E-state index contributed by atoms with van der Waals surface area (Å²) in [6.07, 6.45) is 5.33. The predicted molar refractivity (Wildman–Crippen MR) is 80.2 cm³/mol. The highest BCUT2D eigenvalue weighted by Gasteiger charge is 2.38. The standard InChI is InChI=1S/C17H25NO2/c1-16(11-7-4-8-12-16)15(20)18-17(2,13-19)14-9-5-3-6-10-14/h3,5-6,9-10,19H,4,7-8,11-13H2,1-2H3,(H,18,20). The van der Waals surface area contributed by atoms with E-state index in [4.69, 9.17) is 0 Å². The molecule has 2 rings (SSSR count). The summed E-state index contributed by atoms with van der Waals surface area (Å²) < 4.78 is 0. The maximum absolute atomic E-state index is 12.6. The van der Waals surface area contributed by atoms with Crippen LogP contribution in [-0.4, -0.2) is 17.6 Å². The van der Waals surface area contributed by atoms with Gasteiger partial charge in [0.15, 0.2) is 0 Å². The largest absolute Gasteiger partial charge is 0.394 e. The highest BCUT2D eigenvalue weighted by molar-refractivity contribution is 5.83. The Balaban J connectivity index is 2.15. The number of aliphatic hydroxyl groups excluding tert-OH is 1. The number of hydrogen-bond donors (Lipinski definition) is 2. The van der Waals surface area contributed by atoms with Crippen LogP contribution in [0.2, 0.25) is 0 Å². The molecule has 0 heterocycles. The van der Waals surface area contributed by atoms with Crippen molar-refractivity contribution in [3.05, 3.63) is 35.9 Å². The van der Waals surface area contributed by atoms with Gasteiger partial charge >= 0.3 is 0 Å². The fourth-order valence-corrected chi connectivity index (χ4v) is 2.97.